The first-order valence-electron chi connectivity index (χ1n) is 3.32. The molecule has 0 fully saturated rings. The zero-order valence-electron chi connectivity index (χ0n) is 6.29. The third-order valence-corrected chi connectivity index (χ3v) is 1.07. The number of nitrogens with one attached hydrogen (secondary N) is 1. The number of aliphatic carboxylic acids is 1. The number of hydrogen-bond donors (Lipinski definition) is 2. The average Bonchev–Trinajstić information content (AvgIpc) is 1.88. The Kier molecular flexibility index (Phi) is 4.37. The molecule has 0 rings (SSSR count). The maximum atomic E-state index is 10.2. The van der Waals surface area contributed by atoms with Gasteiger partial charge in [-0.25, -0.2) is 0 Å². The molecule has 3 heteroatoms. The predicted octanol–water partition coefficient (Wildman–Crippen LogP) is 0.973. The Morgan fingerprint density at radius 2 is 2.40 bits per heavy atom. The lowest BCUT2D eigenvalue weighted by Gasteiger charge is -2.03. The third kappa shape index (κ3) is 3.95. The summed E-state index contributed by atoms with van der Waals surface area (Å²) in [5.41, 5.74) is 0. The summed E-state index contributed by atoms with van der Waals surface area (Å²) in [7, 11) is 0. The van der Waals surface area contributed by atoms with E-state index in [4.69, 9.17) is 5.11 Å². The van der Waals surface area contributed by atoms with Crippen molar-refractivity contribution >= 4 is 5.97 Å². The minimum absolute atomic E-state index is 0.497. The van der Waals surface area contributed by atoms with Crippen molar-refractivity contribution in [3.63, 3.8) is 0 Å². The fourth-order valence-electron chi connectivity index (χ4n) is 0.402. The number of allylic oxidation sites excluding steroid dienone is 1. The zero-order valence-corrected chi connectivity index (χ0v) is 6.29. The summed E-state index contributed by atoms with van der Waals surface area (Å²) in [4.78, 5) is 10.2. The Hall–Kier alpha value is -0.990. The molecule has 0 aliphatic rings. The SMILES string of the molecule is CC/C=C/N[C@@H](C)C(=O)O. The summed E-state index contributed by atoms with van der Waals surface area (Å²) in [6.45, 7) is 3.59. The van der Waals surface area contributed by atoms with Crippen LogP contribution < -0.4 is 5.32 Å². The number of carboxylic acid groups (broad SMARTS) is 1. The van der Waals surface area contributed by atoms with Gasteiger partial charge in [-0.2, -0.15) is 0 Å². The van der Waals surface area contributed by atoms with Gasteiger partial charge in [0.2, 0.25) is 0 Å². The predicted molar refractivity (Wildman–Crippen MR) is 39.7 cm³/mol. The van der Waals surface area contributed by atoms with Gasteiger partial charge in [0.1, 0.15) is 6.04 Å². The van der Waals surface area contributed by atoms with Crippen LogP contribution in [-0.2, 0) is 4.79 Å². The van der Waals surface area contributed by atoms with Crippen molar-refractivity contribution in [2.24, 2.45) is 0 Å². The monoisotopic (exact) mass is 143 g/mol. The van der Waals surface area contributed by atoms with Gasteiger partial charge in [-0.1, -0.05) is 13.0 Å². The normalized spacial score (nSPS) is 13.4. The molecule has 0 amide bonds. The first-order chi connectivity index (χ1) is 4.68. The lowest BCUT2D eigenvalue weighted by Crippen LogP contribution is -2.29. The first kappa shape index (κ1) is 9.01. The standard InChI is InChI=1S/C7H13NO2/c1-3-4-5-8-6(2)7(9)10/h4-6,8H,3H2,1-2H3,(H,9,10)/b5-4+/t6-/m0/s1. The van der Waals surface area contributed by atoms with Crippen molar-refractivity contribution in [3.05, 3.63) is 12.3 Å². The zero-order chi connectivity index (χ0) is 7.98. The molecule has 0 radical (unpaired) electrons. The molecule has 0 spiro atoms. The molecular weight excluding hydrogens is 130 g/mol. The molecule has 0 saturated carbocycles. The van der Waals surface area contributed by atoms with Crippen molar-refractivity contribution in [3.8, 4) is 0 Å². The smallest absolute Gasteiger partial charge is 0.325 e. The summed E-state index contributed by atoms with van der Waals surface area (Å²) in [5.74, 6) is -0.833. The molecule has 3 nitrogen and oxygen atoms in total. The maximum Gasteiger partial charge on any atom is 0.325 e. The first-order valence-corrected chi connectivity index (χ1v) is 3.32. The van der Waals surface area contributed by atoms with Crippen LogP contribution >= 0.6 is 0 Å². The van der Waals surface area contributed by atoms with Gasteiger partial charge in [0, 0.05) is 0 Å². The second-order valence-electron chi connectivity index (χ2n) is 2.04. The number of carbonyl (C=O) groups is 1. The van der Waals surface area contributed by atoms with Crippen molar-refractivity contribution in [1.29, 1.82) is 0 Å². The van der Waals surface area contributed by atoms with Gasteiger partial charge < -0.3 is 10.4 Å². The molecule has 58 valence electrons. The molecule has 1 atom stereocenters. The highest BCUT2D eigenvalue weighted by Gasteiger charge is 2.05. The maximum absolute atomic E-state index is 10.2. The molecule has 2 N–H and O–H groups in total. The van der Waals surface area contributed by atoms with Gasteiger partial charge in [-0.15, -0.1) is 0 Å². The average molecular weight is 143 g/mol. The molecule has 0 aliphatic carbocycles. The topological polar surface area (TPSA) is 49.3 Å². The molecule has 0 aromatic heterocycles. The van der Waals surface area contributed by atoms with Crippen LogP contribution in [0.2, 0.25) is 0 Å². The summed E-state index contributed by atoms with van der Waals surface area (Å²) in [6, 6.07) is -0.497. The number of carboxylic acids is 1. The Morgan fingerprint density at radius 3 is 2.80 bits per heavy atom. The van der Waals surface area contributed by atoms with Crippen LogP contribution in [0, 0.1) is 0 Å². The third-order valence-electron chi connectivity index (χ3n) is 1.07. The fourth-order valence-corrected chi connectivity index (χ4v) is 0.402. The van der Waals surface area contributed by atoms with E-state index in [0.29, 0.717) is 0 Å². The van der Waals surface area contributed by atoms with E-state index in [9.17, 15) is 4.79 Å². The van der Waals surface area contributed by atoms with E-state index in [1.54, 1.807) is 13.1 Å². The molecule has 0 aliphatic heterocycles. The summed E-state index contributed by atoms with van der Waals surface area (Å²) >= 11 is 0. The Bertz CT molecular complexity index is 132. The summed E-state index contributed by atoms with van der Waals surface area (Å²) in [6.07, 6.45) is 4.46. The van der Waals surface area contributed by atoms with E-state index in [0.717, 1.165) is 6.42 Å². The fraction of sp³-hybridized carbons (Fsp3) is 0.571. The summed E-state index contributed by atoms with van der Waals surface area (Å²) < 4.78 is 0. The largest absolute Gasteiger partial charge is 0.480 e. The molecule has 0 unspecified atom stereocenters. The molecule has 0 aromatic rings. The van der Waals surface area contributed by atoms with E-state index in [1.165, 1.54) is 0 Å². The van der Waals surface area contributed by atoms with Crippen LogP contribution in [0.15, 0.2) is 12.3 Å². The van der Waals surface area contributed by atoms with Crippen LogP contribution in [0.1, 0.15) is 20.3 Å². The van der Waals surface area contributed by atoms with Crippen LogP contribution in [0.4, 0.5) is 0 Å². The molecule has 0 saturated heterocycles. The molecule has 0 aromatic carbocycles. The van der Waals surface area contributed by atoms with Crippen molar-refractivity contribution < 1.29 is 9.90 Å². The molecule has 10 heavy (non-hydrogen) atoms. The highest BCUT2D eigenvalue weighted by Crippen LogP contribution is 1.82. The van der Waals surface area contributed by atoms with Crippen molar-refractivity contribution in [2.45, 2.75) is 26.3 Å². The van der Waals surface area contributed by atoms with Gasteiger partial charge in [0.25, 0.3) is 0 Å². The second kappa shape index (κ2) is 4.85. The Labute approximate surface area is 60.7 Å². The van der Waals surface area contributed by atoms with Crippen LogP contribution in [0.5, 0.6) is 0 Å². The minimum atomic E-state index is -0.833. The van der Waals surface area contributed by atoms with Gasteiger partial charge in [-0.05, 0) is 19.5 Å². The van der Waals surface area contributed by atoms with E-state index in [1.807, 2.05) is 13.0 Å². The van der Waals surface area contributed by atoms with Crippen molar-refractivity contribution in [2.75, 3.05) is 0 Å². The van der Waals surface area contributed by atoms with Gasteiger partial charge in [-0.3, -0.25) is 4.79 Å². The number of hydrogen-bond acceptors (Lipinski definition) is 2. The molecular formula is C7H13NO2. The van der Waals surface area contributed by atoms with Gasteiger partial charge in [0.05, 0.1) is 0 Å². The highest BCUT2D eigenvalue weighted by molar-refractivity contribution is 5.72. The Morgan fingerprint density at radius 1 is 1.80 bits per heavy atom. The molecule has 0 bridgehead atoms. The van der Waals surface area contributed by atoms with Crippen molar-refractivity contribution in [1.82, 2.24) is 5.32 Å². The lowest BCUT2D eigenvalue weighted by molar-refractivity contribution is -0.138. The van der Waals surface area contributed by atoms with E-state index in [2.05, 4.69) is 5.32 Å². The van der Waals surface area contributed by atoms with Crippen LogP contribution in [0.3, 0.4) is 0 Å². The van der Waals surface area contributed by atoms with Crippen LogP contribution in [-0.4, -0.2) is 17.1 Å². The van der Waals surface area contributed by atoms with Gasteiger partial charge in [0.15, 0.2) is 0 Å². The number of rotatable bonds is 4. The minimum Gasteiger partial charge on any atom is -0.480 e. The molecule has 0 heterocycles. The van der Waals surface area contributed by atoms with E-state index >= 15 is 0 Å². The van der Waals surface area contributed by atoms with E-state index < -0.39 is 12.0 Å². The van der Waals surface area contributed by atoms with Gasteiger partial charge >= 0.3 is 5.97 Å². The summed E-state index contributed by atoms with van der Waals surface area (Å²) in [5, 5.41) is 11.1. The Balaban J connectivity index is 3.48. The highest BCUT2D eigenvalue weighted by atomic mass is 16.4. The van der Waals surface area contributed by atoms with E-state index in [-0.39, 0.29) is 0 Å². The quantitative estimate of drug-likeness (QED) is 0.616. The van der Waals surface area contributed by atoms with Crippen LogP contribution in [0.25, 0.3) is 0 Å². The second-order valence-corrected chi connectivity index (χ2v) is 2.04. The lowest BCUT2D eigenvalue weighted by atomic mass is 10.3.